The Morgan fingerprint density at radius 1 is 1.44 bits per heavy atom. The molecular weight excluding hydrogens is 246 g/mol. The number of hydrogen-bond acceptors (Lipinski definition) is 4. The van der Waals surface area contributed by atoms with Gasteiger partial charge in [-0.05, 0) is 19.3 Å². The lowest BCUT2D eigenvalue weighted by atomic mass is 10.1. The Labute approximate surface area is 112 Å². The minimum atomic E-state index is 0.112. The third-order valence-electron chi connectivity index (χ3n) is 3.19. The number of nitrogens with zero attached hydrogens (tertiary/aromatic N) is 2. The molecule has 1 amide bonds. The summed E-state index contributed by atoms with van der Waals surface area (Å²) in [6.45, 7) is 4.83. The highest BCUT2D eigenvalue weighted by Crippen LogP contribution is 2.23. The molecule has 0 atom stereocenters. The topological polar surface area (TPSA) is 45.2 Å². The van der Waals surface area contributed by atoms with Crippen LogP contribution in [0.3, 0.4) is 0 Å². The Balaban J connectivity index is 1.80. The fourth-order valence-corrected chi connectivity index (χ4v) is 3.01. The maximum Gasteiger partial charge on any atom is 0.219 e. The van der Waals surface area contributed by atoms with E-state index in [1.807, 2.05) is 6.92 Å². The fraction of sp³-hybridized carbons (Fsp3) is 0.692. The fourth-order valence-electron chi connectivity index (χ4n) is 2.10. The van der Waals surface area contributed by atoms with E-state index in [2.05, 4.69) is 20.6 Å². The number of nitrogens with one attached hydrogen (secondary N) is 1. The van der Waals surface area contributed by atoms with Gasteiger partial charge >= 0.3 is 0 Å². The number of anilines is 1. The van der Waals surface area contributed by atoms with Crippen molar-refractivity contribution in [1.82, 2.24) is 10.3 Å². The zero-order valence-electron chi connectivity index (χ0n) is 10.9. The van der Waals surface area contributed by atoms with E-state index in [9.17, 15) is 4.79 Å². The van der Waals surface area contributed by atoms with Gasteiger partial charge in [-0.15, -0.1) is 11.3 Å². The average molecular weight is 267 g/mol. The van der Waals surface area contributed by atoms with Gasteiger partial charge in [-0.1, -0.05) is 6.92 Å². The number of thiazole rings is 1. The summed E-state index contributed by atoms with van der Waals surface area (Å²) in [6, 6.07) is 0. The van der Waals surface area contributed by atoms with Crippen molar-refractivity contribution >= 4 is 22.4 Å². The van der Waals surface area contributed by atoms with Crippen LogP contribution < -0.4 is 10.2 Å². The molecule has 5 heteroatoms. The molecule has 0 aliphatic carbocycles. The molecule has 1 aromatic heterocycles. The molecule has 1 aromatic rings. The highest BCUT2D eigenvalue weighted by Gasteiger charge is 2.14. The standard InChI is InChI=1S/C13H21N3OS/c1-2-12(17)14-7-6-11-10-18-13(15-11)16-8-4-3-5-9-16/h10H,2-9H2,1H3,(H,14,17). The summed E-state index contributed by atoms with van der Waals surface area (Å²) in [5.41, 5.74) is 1.09. The summed E-state index contributed by atoms with van der Waals surface area (Å²) in [7, 11) is 0. The lowest BCUT2D eigenvalue weighted by Crippen LogP contribution is -2.29. The number of piperidine rings is 1. The van der Waals surface area contributed by atoms with E-state index in [1.165, 1.54) is 19.3 Å². The van der Waals surface area contributed by atoms with E-state index in [0.717, 1.165) is 30.3 Å². The van der Waals surface area contributed by atoms with Crippen LogP contribution in [0.1, 0.15) is 38.3 Å². The molecule has 0 radical (unpaired) electrons. The molecule has 0 unspecified atom stereocenters. The molecule has 1 aliphatic rings. The van der Waals surface area contributed by atoms with Crippen LogP contribution >= 0.6 is 11.3 Å². The van der Waals surface area contributed by atoms with Crippen molar-refractivity contribution in [2.45, 2.75) is 39.0 Å². The Morgan fingerprint density at radius 3 is 2.94 bits per heavy atom. The number of amides is 1. The Morgan fingerprint density at radius 2 is 2.22 bits per heavy atom. The SMILES string of the molecule is CCC(=O)NCCc1csc(N2CCCCC2)n1. The van der Waals surface area contributed by atoms with E-state index in [-0.39, 0.29) is 5.91 Å². The molecule has 1 saturated heterocycles. The Bertz CT molecular complexity index is 385. The zero-order valence-corrected chi connectivity index (χ0v) is 11.8. The third kappa shape index (κ3) is 3.70. The second kappa shape index (κ2) is 6.73. The number of carbonyl (C=O) groups is 1. The molecule has 0 saturated carbocycles. The monoisotopic (exact) mass is 267 g/mol. The summed E-state index contributed by atoms with van der Waals surface area (Å²) >= 11 is 1.72. The van der Waals surface area contributed by atoms with Gasteiger partial charge in [-0.2, -0.15) is 0 Å². The molecule has 1 N–H and O–H groups in total. The first-order valence-corrected chi connectivity index (χ1v) is 7.63. The summed E-state index contributed by atoms with van der Waals surface area (Å²) in [5.74, 6) is 0.112. The van der Waals surface area contributed by atoms with Crippen LogP contribution in [0.25, 0.3) is 0 Å². The van der Waals surface area contributed by atoms with Gasteiger partial charge < -0.3 is 10.2 Å². The first-order valence-electron chi connectivity index (χ1n) is 6.75. The molecule has 2 heterocycles. The third-order valence-corrected chi connectivity index (χ3v) is 4.14. The van der Waals surface area contributed by atoms with E-state index >= 15 is 0 Å². The molecular formula is C13H21N3OS. The average Bonchev–Trinajstić information content (AvgIpc) is 2.88. The predicted molar refractivity (Wildman–Crippen MR) is 75.2 cm³/mol. The van der Waals surface area contributed by atoms with Crippen LogP contribution in [0.15, 0.2) is 5.38 Å². The minimum Gasteiger partial charge on any atom is -0.356 e. The summed E-state index contributed by atoms with van der Waals surface area (Å²) in [6.07, 6.45) is 5.28. The van der Waals surface area contributed by atoms with Crippen LogP contribution in [-0.2, 0) is 11.2 Å². The number of rotatable bonds is 5. The Kier molecular flexibility index (Phi) is 4.99. The quantitative estimate of drug-likeness (QED) is 0.889. The molecule has 1 aliphatic heterocycles. The van der Waals surface area contributed by atoms with Crippen LogP contribution in [0.5, 0.6) is 0 Å². The van der Waals surface area contributed by atoms with Crippen LogP contribution in [-0.4, -0.2) is 30.5 Å². The second-order valence-electron chi connectivity index (χ2n) is 4.62. The molecule has 0 bridgehead atoms. The van der Waals surface area contributed by atoms with E-state index in [4.69, 9.17) is 0 Å². The van der Waals surface area contributed by atoms with Crippen LogP contribution in [0.2, 0.25) is 0 Å². The van der Waals surface area contributed by atoms with Gasteiger partial charge in [0, 0.05) is 37.9 Å². The maximum absolute atomic E-state index is 11.1. The van der Waals surface area contributed by atoms with Crippen molar-refractivity contribution in [3.63, 3.8) is 0 Å². The van der Waals surface area contributed by atoms with E-state index < -0.39 is 0 Å². The summed E-state index contributed by atoms with van der Waals surface area (Å²) in [4.78, 5) is 18.1. The van der Waals surface area contributed by atoms with Crippen LogP contribution in [0, 0.1) is 0 Å². The number of carbonyl (C=O) groups excluding carboxylic acids is 1. The van der Waals surface area contributed by atoms with Gasteiger partial charge in [0.25, 0.3) is 0 Å². The number of aromatic nitrogens is 1. The lowest BCUT2D eigenvalue weighted by Gasteiger charge is -2.25. The van der Waals surface area contributed by atoms with Crippen molar-refractivity contribution in [2.24, 2.45) is 0 Å². The van der Waals surface area contributed by atoms with Gasteiger partial charge in [-0.25, -0.2) is 4.98 Å². The largest absolute Gasteiger partial charge is 0.356 e. The molecule has 18 heavy (non-hydrogen) atoms. The van der Waals surface area contributed by atoms with Crippen molar-refractivity contribution < 1.29 is 4.79 Å². The van der Waals surface area contributed by atoms with Gasteiger partial charge in [0.1, 0.15) is 0 Å². The van der Waals surface area contributed by atoms with Crippen molar-refractivity contribution in [3.05, 3.63) is 11.1 Å². The summed E-state index contributed by atoms with van der Waals surface area (Å²) in [5, 5.41) is 6.14. The van der Waals surface area contributed by atoms with Gasteiger partial charge in [0.2, 0.25) is 5.91 Å². The van der Waals surface area contributed by atoms with Crippen molar-refractivity contribution in [2.75, 3.05) is 24.5 Å². The molecule has 2 rings (SSSR count). The molecule has 1 fully saturated rings. The lowest BCUT2D eigenvalue weighted by molar-refractivity contribution is -0.120. The highest BCUT2D eigenvalue weighted by atomic mass is 32.1. The highest BCUT2D eigenvalue weighted by molar-refractivity contribution is 7.13. The number of hydrogen-bond donors (Lipinski definition) is 1. The minimum absolute atomic E-state index is 0.112. The predicted octanol–water partition coefficient (Wildman–Crippen LogP) is 2.20. The first-order chi connectivity index (χ1) is 8.79. The van der Waals surface area contributed by atoms with Crippen molar-refractivity contribution in [3.8, 4) is 0 Å². The van der Waals surface area contributed by atoms with Gasteiger partial charge in [0.05, 0.1) is 5.69 Å². The first kappa shape index (κ1) is 13.3. The zero-order chi connectivity index (χ0) is 12.8. The maximum atomic E-state index is 11.1. The Hall–Kier alpha value is -1.10. The van der Waals surface area contributed by atoms with Gasteiger partial charge in [-0.3, -0.25) is 4.79 Å². The van der Waals surface area contributed by atoms with E-state index in [1.54, 1.807) is 11.3 Å². The van der Waals surface area contributed by atoms with Gasteiger partial charge in [0.15, 0.2) is 5.13 Å². The summed E-state index contributed by atoms with van der Waals surface area (Å²) < 4.78 is 0. The molecule has 0 spiro atoms. The van der Waals surface area contributed by atoms with Crippen LogP contribution in [0.4, 0.5) is 5.13 Å². The van der Waals surface area contributed by atoms with Crippen molar-refractivity contribution in [1.29, 1.82) is 0 Å². The molecule has 0 aromatic carbocycles. The smallest absolute Gasteiger partial charge is 0.219 e. The van der Waals surface area contributed by atoms with E-state index in [0.29, 0.717) is 13.0 Å². The normalized spacial score (nSPS) is 15.7. The molecule has 100 valence electrons. The molecule has 4 nitrogen and oxygen atoms in total. The second-order valence-corrected chi connectivity index (χ2v) is 5.46.